The first-order valence-electron chi connectivity index (χ1n) is 11.3. The molecule has 0 saturated carbocycles. The van der Waals surface area contributed by atoms with E-state index in [-0.39, 0.29) is 0 Å². The first-order chi connectivity index (χ1) is 16.3. The number of pyridine rings is 1. The van der Waals surface area contributed by atoms with E-state index in [1.54, 1.807) is 0 Å². The molecule has 0 saturated heterocycles. The van der Waals surface area contributed by atoms with Gasteiger partial charge in [-0.05, 0) is 46.5 Å². The van der Waals surface area contributed by atoms with E-state index >= 15 is 0 Å². The van der Waals surface area contributed by atoms with E-state index in [1.165, 1.54) is 33.3 Å². The number of hydrogen-bond acceptors (Lipinski definition) is 2. The fraction of sp³-hybridized carbons (Fsp3) is 0.0645. The fourth-order valence-corrected chi connectivity index (χ4v) is 4.09. The molecule has 0 aliphatic heterocycles. The average molecular weight is 427 g/mol. The van der Waals surface area contributed by atoms with Crippen molar-refractivity contribution in [2.45, 2.75) is 13.1 Å². The molecule has 0 aliphatic carbocycles. The summed E-state index contributed by atoms with van der Waals surface area (Å²) in [5.74, 6) is 0. The normalized spacial score (nSPS) is 11.2. The number of para-hydroxylation sites is 1. The van der Waals surface area contributed by atoms with Gasteiger partial charge in [-0.15, -0.1) is 0 Å². The third-order valence-electron chi connectivity index (χ3n) is 5.83. The zero-order chi connectivity index (χ0) is 22.3. The minimum Gasteiger partial charge on any atom is -0.363 e. The number of benzene rings is 4. The van der Waals surface area contributed by atoms with E-state index in [2.05, 4.69) is 131 Å². The van der Waals surface area contributed by atoms with Gasteiger partial charge in [0.1, 0.15) is 0 Å². The minimum atomic E-state index is 0.869. The number of rotatable bonds is 7. The number of hydrogen-bond donors (Lipinski definition) is 0. The van der Waals surface area contributed by atoms with Gasteiger partial charge in [-0.25, -0.2) is 0 Å². The second-order valence-electron chi connectivity index (χ2n) is 8.17. The van der Waals surface area contributed by atoms with Crippen LogP contribution in [0, 0.1) is 0 Å². The SMILES string of the molecule is C(=C/c1ccnc2ccccc12)/c1ccc(N(Cc2ccccc2)Cc2ccccc2)cc1. The van der Waals surface area contributed by atoms with Crippen LogP contribution in [0.15, 0.2) is 121 Å². The zero-order valence-corrected chi connectivity index (χ0v) is 18.5. The summed E-state index contributed by atoms with van der Waals surface area (Å²) in [7, 11) is 0. The van der Waals surface area contributed by atoms with Crippen LogP contribution in [0.3, 0.4) is 0 Å². The smallest absolute Gasteiger partial charge is 0.0707 e. The molecule has 0 radical (unpaired) electrons. The molecule has 33 heavy (non-hydrogen) atoms. The van der Waals surface area contributed by atoms with Crippen LogP contribution in [0.4, 0.5) is 5.69 Å². The van der Waals surface area contributed by atoms with Crippen molar-refractivity contribution in [2.24, 2.45) is 0 Å². The standard InChI is InChI=1S/C31H26N2/c1-3-9-26(10-4-1)23-33(24-27-11-5-2-6-12-27)29-19-16-25(17-20-29)15-18-28-21-22-32-31-14-8-7-13-30(28)31/h1-22H,23-24H2/b18-15-. The largest absolute Gasteiger partial charge is 0.363 e. The maximum Gasteiger partial charge on any atom is 0.0707 e. The van der Waals surface area contributed by atoms with E-state index in [9.17, 15) is 0 Å². The lowest BCUT2D eigenvalue weighted by Crippen LogP contribution is -2.22. The molecule has 0 N–H and O–H groups in total. The summed E-state index contributed by atoms with van der Waals surface area (Å²) in [4.78, 5) is 6.88. The van der Waals surface area contributed by atoms with Gasteiger partial charge in [0, 0.05) is 30.4 Å². The van der Waals surface area contributed by atoms with E-state index in [0.717, 1.165) is 18.6 Å². The van der Waals surface area contributed by atoms with E-state index in [4.69, 9.17) is 0 Å². The predicted octanol–water partition coefficient (Wildman–Crippen LogP) is 7.61. The van der Waals surface area contributed by atoms with Crippen LogP contribution in [-0.2, 0) is 13.1 Å². The highest BCUT2D eigenvalue weighted by molar-refractivity contribution is 5.90. The molecule has 0 atom stereocenters. The Morgan fingerprint density at radius 3 is 1.85 bits per heavy atom. The minimum absolute atomic E-state index is 0.869. The average Bonchev–Trinajstić information content (AvgIpc) is 2.89. The van der Waals surface area contributed by atoms with Crippen LogP contribution in [-0.4, -0.2) is 4.98 Å². The van der Waals surface area contributed by atoms with E-state index < -0.39 is 0 Å². The number of nitrogens with zero attached hydrogens (tertiary/aromatic N) is 2. The number of fused-ring (bicyclic) bond motifs is 1. The van der Waals surface area contributed by atoms with Crippen molar-refractivity contribution in [3.63, 3.8) is 0 Å². The van der Waals surface area contributed by atoms with E-state index in [0.29, 0.717) is 0 Å². The van der Waals surface area contributed by atoms with Gasteiger partial charge < -0.3 is 4.90 Å². The van der Waals surface area contributed by atoms with Crippen molar-refractivity contribution in [1.29, 1.82) is 0 Å². The second-order valence-corrected chi connectivity index (χ2v) is 8.17. The van der Waals surface area contributed by atoms with Crippen molar-refractivity contribution in [1.82, 2.24) is 4.98 Å². The topological polar surface area (TPSA) is 16.1 Å². The number of aromatic nitrogens is 1. The Balaban J connectivity index is 1.38. The summed E-state index contributed by atoms with van der Waals surface area (Å²) in [5.41, 5.74) is 7.21. The Bertz CT molecular complexity index is 1290. The van der Waals surface area contributed by atoms with Gasteiger partial charge in [0.15, 0.2) is 0 Å². The molecule has 2 heteroatoms. The monoisotopic (exact) mass is 426 g/mol. The van der Waals surface area contributed by atoms with Crippen LogP contribution in [0.25, 0.3) is 23.1 Å². The van der Waals surface area contributed by atoms with Crippen molar-refractivity contribution in [3.8, 4) is 0 Å². The zero-order valence-electron chi connectivity index (χ0n) is 18.5. The van der Waals surface area contributed by atoms with Gasteiger partial charge in [-0.1, -0.05) is 103 Å². The maximum atomic E-state index is 4.46. The summed E-state index contributed by atoms with van der Waals surface area (Å²) in [6, 6.07) is 40.4. The Hall–Kier alpha value is -4.17. The highest BCUT2D eigenvalue weighted by Gasteiger charge is 2.09. The predicted molar refractivity (Wildman–Crippen MR) is 140 cm³/mol. The Morgan fingerprint density at radius 1 is 0.576 bits per heavy atom. The molecular weight excluding hydrogens is 400 g/mol. The maximum absolute atomic E-state index is 4.46. The molecule has 160 valence electrons. The van der Waals surface area contributed by atoms with Gasteiger partial charge in [0.2, 0.25) is 0 Å². The summed E-state index contributed by atoms with van der Waals surface area (Å²) in [5, 5.41) is 1.17. The Labute approximate surface area is 195 Å². The highest BCUT2D eigenvalue weighted by Crippen LogP contribution is 2.23. The molecule has 2 nitrogen and oxygen atoms in total. The molecule has 0 aliphatic rings. The van der Waals surface area contributed by atoms with Crippen molar-refractivity contribution >= 4 is 28.7 Å². The highest BCUT2D eigenvalue weighted by atomic mass is 15.1. The van der Waals surface area contributed by atoms with Crippen molar-refractivity contribution in [2.75, 3.05) is 4.90 Å². The van der Waals surface area contributed by atoms with E-state index in [1.807, 2.05) is 12.3 Å². The third kappa shape index (κ3) is 5.19. The lowest BCUT2D eigenvalue weighted by atomic mass is 10.1. The lowest BCUT2D eigenvalue weighted by molar-refractivity contribution is 0.800. The van der Waals surface area contributed by atoms with Crippen LogP contribution >= 0.6 is 0 Å². The summed E-state index contributed by atoms with van der Waals surface area (Å²) in [6.45, 7) is 1.74. The Kier molecular flexibility index (Phi) is 6.26. The molecule has 0 amide bonds. The van der Waals surface area contributed by atoms with Crippen LogP contribution in [0.5, 0.6) is 0 Å². The van der Waals surface area contributed by atoms with Gasteiger partial charge >= 0.3 is 0 Å². The molecule has 0 unspecified atom stereocenters. The van der Waals surface area contributed by atoms with Crippen molar-refractivity contribution in [3.05, 3.63) is 144 Å². The van der Waals surface area contributed by atoms with Crippen LogP contribution in [0.1, 0.15) is 22.3 Å². The quantitative estimate of drug-likeness (QED) is 0.266. The molecule has 5 aromatic rings. The van der Waals surface area contributed by atoms with Gasteiger partial charge in [-0.2, -0.15) is 0 Å². The van der Waals surface area contributed by atoms with Crippen molar-refractivity contribution < 1.29 is 0 Å². The molecule has 5 rings (SSSR count). The van der Waals surface area contributed by atoms with Gasteiger partial charge in [-0.3, -0.25) is 4.98 Å². The first-order valence-corrected chi connectivity index (χ1v) is 11.3. The van der Waals surface area contributed by atoms with Crippen LogP contribution in [0.2, 0.25) is 0 Å². The Morgan fingerprint density at radius 2 is 1.18 bits per heavy atom. The molecule has 4 aromatic carbocycles. The van der Waals surface area contributed by atoms with Crippen LogP contribution < -0.4 is 4.90 Å². The molecule has 1 aromatic heterocycles. The summed E-state index contributed by atoms with van der Waals surface area (Å²) < 4.78 is 0. The van der Waals surface area contributed by atoms with Gasteiger partial charge in [0.05, 0.1) is 5.52 Å². The second kappa shape index (κ2) is 9.97. The van der Waals surface area contributed by atoms with Gasteiger partial charge in [0.25, 0.3) is 0 Å². The first kappa shape index (κ1) is 20.7. The molecular formula is C31H26N2. The molecule has 0 spiro atoms. The summed E-state index contributed by atoms with van der Waals surface area (Å²) in [6.07, 6.45) is 6.21. The molecule has 0 fully saturated rings. The lowest BCUT2D eigenvalue weighted by Gasteiger charge is -2.25. The fourth-order valence-electron chi connectivity index (χ4n) is 4.09. The molecule has 1 heterocycles. The third-order valence-corrected chi connectivity index (χ3v) is 5.83. The number of anilines is 1. The summed E-state index contributed by atoms with van der Waals surface area (Å²) >= 11 is 0. The molecule has 0 bridgehead atoms.